The van der Waals surface area contributed by atoms with Gasteiger partial charge in [-0.2, -0.15) is 18.2 Å². The Balaban J connectivity index is 0.000000431. The largest absolute Gasteiger partial charge is 0.490 e. The first kappa shape index (κ1) is 29.9. The number of fused-ring (bicyclic) bond motifs is 2. The summed E-state index contributed by atoms with van der Waals surface area (Å²) >= 11 is 5.57. The number of thiophene rings is 1. The molecule has 222 valence electrons. The lowest BCUT2D eigenvalue weighted by Gasteiger charge is -2.41. The molecule has 3 N–H and O–H groups in total. The summed E-state index contributed by atoms with van der Waals surface area (Å²) < 4.78 is 34.0. The molecule has 14 heteroatoms. The van der Waals surface area contributed by atoms with E-state index >= 15 is 0 Å². The number of alkyl halides is 3. The molecule has 3 aromatic heterocycles. The van der Waals surface area contributed by atoms with Crippen molar-refractivity contribution >= 4 is 55.2 Å². The minimum absolute atomic E-state index is 0.310. The van der Waals surface area contributed by atoms with Crippen LogP contribution in [0.15, 0.2) is 29.0 Å². The van der Waals surface area contributed by atoms with Gasteiger partial charge < -0.3 is 20.6 Å². The van der Waals surface area contributed by atoms with E-state index in [1.54, 1.807) is 11.3 Å². The molecule has 0 amide bonds. The molecule has 0 spiro atoms. The third-order valence-corrected chi connectivity index (χ3v) is 10.6. The molecule has 7 rings (SSSR count). The molecule has 6 heterocycles. The van der Waals surface area contributed by atoms with E-state index in [9.17, 15) is 13.2 Å². The number of piperidine rings is 1. The summed E-state index contributed by atoms with van der Waals surface area (Å²) in [4.78, 5) is 29.3. The second-order valence-electron chi connectivity index (χ2n) is 11.1. The summed E-state index contributed by atoms with van der Waals surface area (Å²) in [6.45, 7) is 7.17. The van der Waals surface area contributed by atoms with E-state index < -0.39 is 12.1 Å². The Morgan fingerprint density at radius 1 is 1.22 bits per heavy atom. The third-order valence-electron chi connectivity index (χ3n) is 8.25. The number of pyridine rings is 1. The average molecular weight is 657 g/mol. The fourth-order valence-electron chi connectivity index (χ4n) is 5.92. The predicted molar refractivity (Wildman–Crippen MR) is 156 cm³/mol. The first-order valence-electron chi connectivity index (χ1n) is 13.5. The molecule has 2 bridgehead atoms. The van der Waals surface area contributed by atoms with Crippen molar-refractivity contribution in [1.82, 2.24) is 25.2 Å². The number of nitrogens with zero attached hydrogens (tertiary/aromatic N) is 5. The SMILES string of the molecule is Cc1sc2c(NCC34CC(CN3C)C4)nc(N3CCC(NCc4ccncc4)CC3)nc2c1Br.O=C(O)C(F)(F)F. The number of carboxylic acid groups (broad SMARTS) is 1. The molecule has 1 aliphatic carbocycles. The fourth-order valence-corrected chi connectivity index (χ4v) is 7.53. The number of aliphatic carboxylic acids is 1. The molecule has 3 aromatic rings. The van der Waals surface area contributed by atoms with Crippen LogP contribution < -0.4 is 15.5 Å². The Kier molecular flexibility index (Phi) is 8.74. The maximum absolute atomic E-state index is 10.6. The van der Waals surface area contributed by atoms with Crippen LogP contribution in [0.25, 0.3) is 10.2 Å². The number of likely N-dealkylation sites (N-methyl/N-ethyl adjacent to an activating group) is 1. The number of carbonyl (C=O) groups is 1. The van der Waals surface area contributed by atoms with Crippen molar-refractivity contribution in [3.05, 3.63) is 39.4 Å². The summed E-state index contributed by atoms with van der Waals surface area (Å²) in [5.41, 5.74) is 2.63. The van der Waals surface area contributed by atoms with Crippen molar-refractivity contribution in [3.8, 4) is 0 Å². The Labute approximate surface area is 248 Å². The van der Waals surface area contributed by atoms with Crippen LogP contribution in [0.2, 0.25) is 0 Å². The quantitative estimate of drug-likeness (QED) is 0.322. The summed E-state index contributed by atoms with van der Waals surface area (Å²) in [7, 11) is 2.27. The smallest absolute Gasteiger partial charge is 0.475 e. The van der Waals surface area contributed by atoms with Crippen LogP contribution in [0.5, 0.6) is 0 Å². The van der Waals surface area contributed by atoms with Crippen molar-refractivity contribution < 1.29 is 23.1 Å². The number of halogens is 4. The van der Waals surface area contributed by atoms with Crippen molar-refractivity contribution in [2.24, 2.45) is 5.92 Å². The maximum Gasteiger partial charge on any atom is 0.490 e. The Morgan fingerprint density at radius 3 is 2.46 bits per heavy atom. The average Bonchev–Trinajstić information content (AvgIpc) is 3.53. The molecular weight excluding hydrogens is 623 g/mol. The van der Waals surface area contributed by atoms with Crippen molar-refractivity contribution in [1.29, 1.82) is 0 Å². The topological polar surface area (TPSA) is 107 Å². The highest BCUT2D eigenvalue weighted by atomic mass is 79.9. The Morgan fingerprint density at radius 2 is 1.88 bits per heavy atom. The molecule has 0 unspecified atom stereocenters. The lowest BCUT2D eigenvalue weighted by Crippen LogP contribution is -2.49. The summed E-state index contributed by atoms with van der Waals surface area (Å²) in [5.74, 6) is -0.0217. The lowest BCUT2D eigenvalue weighted by atomic mass is 9.73. The van der Waals surface area contributed by atoms with Gasteiger partial charge in [0.2, 0.25) is 5.95 Å². The highest BCUT2D eigenvalue weighted by Crippen LogP contribution is 2.49. The van der Waals surface area contributed by atoms with Gasteiger partial charge in [-0.25, -0.2) is 9.78 Å². The van der Waals surface area contributed by atoms with Crippen LogP contribution in [0, 0.1) is 12.8 Å². The number of carboxylic acids is 1. The zero-order valence-electron chi connectivity index (χ0n) is 22.8. The molecule has 9 nitrogen and oxygen atoms in total. The minimum Gasteiger partial charge on any atom is -0.475 e. The van der Waals surface area contributed by atoms with Gasteiger partial charge in [0.1, 0.15) is 11.3 Å². The second kappa shape index (κ2) is 12.0. The van der Waals surface area contributed by atoms with Gasteiger partial charge in [-0.1, -0.05) is 0 Å². The van der Waals surface area contributed by atoms with E-state index in [0.29, 0.717) is 11.6 Å². The van der Waals surface area contributed by atoms with E-state index in [2.05, 4.69) is 67.5 Å². The molecular formula is C27H33BrF3N7O2S. The Bertz CT molecular complexity index is 1380. The second-order valence-corrected chi connectivity index (χ2v) is 13.1. The molecule has 1 saturated carbocycles. The van der Waals surface area contributed by atoms with Crippen LogP contribution in [-0.4, -0.2) is 81.9 Å². The number of nitrogens with one attached hydrogen (secondary N) is 2. The number of hydrogen-bond donors (Lipinski definition) is 3. The van der Waals surface area contributed by atoms with Gasteiger partial charge in [-0.15, -0.1) is 11.3 Å². The van der Waals surface area contributed by atoms with Crippen LogP contribution in [0.3, 0.4) is 0 Å². The van der Waals surface area contributed by atoms with Gasteiger partial charge in [-0.05, 0) is 79.2 Å². The molecule has 4 fully saturated rings. The highest BCUT2D eigenvalue weighted by molar-refractivity contribution is 9.10. The lowest BCUT2D eigenvalue weighted by molar-refractivity contribution is -0.192. The molecule has 3 aliphatic heterocycles. The maximum atomic E-state index is 10.6. The number of anilines is 2. The Hall–Kier alpha value is -2.55. The number of hydrogen-bond acceptors (Lipinski definition) is 9. The first-order chi connectivity index (χ1) is 19.4. The van der Waals surface area contributed by atoms with Crippen molar-refractivity contribution in [3.63, 3.8) is 0 Å². The molecule has 0 aromatic carbocycles. The van der Waals surface area contributed by atoms with Crippen LogP contribution in [0.1, 0.15) is 36.1 Å². The zero-order chi connectivity index (χ0) is 29.4. The first-order valence-corrected chi connectivity index (χ1v) is 15.2. The van der Waals surface area contributed by atoms with E-state index in [4.69, 9.17) is 19.9 Å². The van der Waals surface area contributed by atoms with Gasteiger partial charge in [0, 0.05) is 61.6 Å². The number of aryl methyl sites for hydroxylation is 1. The van der Waals surface area contributed by atoms with Gasteiger partial charge in [0.25, 0.3) is 0 Å². The van der Waals surface area contributed by atoms with Crippen LogP contribution in [-0.2, 0) is 11.3 Å². The third kappa shape index (κ3) is 6.60. The number of rotatable bonds is 7. The summed E-state index contributed by atoms with van der Waals surface area (Å²) in [5, 5.41) is 14.6. The molecule has 3 saturated heterocycles. The van der Waals surface area contributed by atoms with Gasteiger partial charge in [0.15, 0.2) is 0 Å². The summed E-state index contributed by atoms with van der Waals surface area (Å²) in [6.07, 6.45) is 3.44. The van der Waals surface area contributed by atoms with Crippen LogP contribution in [0.4, 0.5) is 24.9 Å². The van der Waals surface area contributed by atoms with E-state index in [0.717, 1.165) is 71.4 Å². The number of aromatic nitrogens is 3. The van der Waals surface area contributed by atoms with Crippen molar-refractivity contribution in [2.75, 3.05) is 43.4 Å². The van der Waals surface area contributed by atoms with Gasteiger partial charge >= 0.3 is 12.1 Å². The molecule has 0 atom stereocenters. The van der Waals surface area contributed by atoms with E-state index in [1.165, 1.54) is 29.8 Å². The monoisotopic (exact) mass is 655 g/mol. The van der Waals surface area contributed by atoms with E-state index in [-0.39, 0.29) is 0 Å². The summed E-state index contributed by atoms with van der Waals surface area (Å²) in [6, 6.07) is 4.67. The minimum atomic E-state index is -5.08. The predicted octanol–water partition coefficient (Wildman–Crippen LogP) is 5.06. The van der Waals surface area contributed by atoms with E-state index in [1.807, 2.05) is 12.4 Å². The molecule has 0 radical (unpaired) electrons. The van der Waals surface area contributed by atoms with Crippen molar-refractivity contribution in [2.45, 2.75) is 56.9 Å². The fraction of sp³-hybridized carbons (Fsp3) is 0.556. The molecule has 41 heavy (non-hydrogen) atoms. The zero-order valence-corrected chi connectivity index (χ0v) is 25.2. The normalized spacial score (nSPS) is 22.8. The standard InChI is InChI=1S/C25H32BrN7S.C2HF3O2/c1-16-20(26)21-22(34-16)23(29-15-25-11-18(12-25)14-32(25)2)31-24(30-21)33-9-5-19(6-10-33)28-13-17-3-7-27-8-4-17;3-2(4,5)1(6)7/h3-4,7-8,18-19,28H,5-6,9-15H2,1-2H3,(H,29,30,31);(H,6,7). The van der Waals surface area contributed by atoms with Gasteiger partial charge in [-0.3, -0.25) is 9.88 Å². The highest BCUT2D eigenvalue weighted by Gasteiger charge is 2.54. The van der Waals surface area contributed by atoms with Crippen LogP contribution >= 0.6 is 27.3 Å². The van der Waals surface area contributed by atoms with Gasteiger partial charge in [0.05, 0.1) is 9.17 Å². The molecule has 4 aliphatic rings.